The van der Waals surface area contributed by atoms with Crippen molar-refractivity contribution in [2.45, 2.75) is 17.9 Å². The van der Waals surface area contributed by atoms with Gasteiger partial charge in [-0.15, -0.1) is 11.8 Å². The van der Waals surface area contributed by atoms with Crippen LogP contribution in [0.2, 0.25) is 0 Å². The number of aryl methyl sites for hydroxylation is 1. The summed E-state index contributed by atoms with van der Waals surface area (Å²) in [7, 11) is 0. The van der Waals surface area contributed by atoms with Crippen molar-refractivity contribution in [3.05, 3.63) is 65.2 Å². The van der Waals surface area contributed by atoms with Gasteiger partial charge in [-0.2, -0.15) is 0 Å². The van der Waals surface area contributed by atoms with Crippen molar-refractivity contribution < 1.29 is 13.9 Å². The summed E-state index contributed by atoms with van der Waals surface area (Å²) in [5, 5.41) is 10.0. The van der Waals surface area contributed by atoms with Crippen LogP contribution in [0.5, 0.6) is 0 Å². The SMILES string of the molecule is Cc1cc(F)cc(C(O)CSc2cccc(F)c2)c1. The highest BCUT2D eigenvalue weighted by Gasteiger charge is 2.10. The molecule has 0 aliphatic carbocycles. The zero-order valence-corrected chi connectivity index (χ0v) is 11.3. The molecule has 100 valence electrons. The van der Waals surface area contributed by atoms with Crippen molar-refractivity contribution in [2.24, 2.45) is 0 Å². The van der Waals surface area contributed by atoms with Gasteiger partial charge in [-0.1, -0.05) is 12.1 Å². The molecule has 0 heterocycles. The maximum absolute atomic E-state index is 13.2. The van der Waals surface area contributed by atoms with Crippen LogP contribution >= 0.6 is 11.8 Å². The van der Waals surface area contributed by atoms with E-state index in [1.165, 1.54) is 36.0 Å². The molecule has 0 saturated heterocycles. The maximum atomic E-state index is 13.2. The van der Waals surface area contributed by atoms with E-state index in [9.17, 15) is 13.9 Å². The minimum absolute atomic E-state index is 0.305. The largest absolute Gasteiger partial charge is 0.388 e. The van der Waals surface area contributed by atoms with E-state index < -0.39 is 6.10 Å². The number of rotatable bonds is 4. The Labute approximate surface area is 115 Å². The van der Waals surface area contributed by atoms with E-state index in [4.69, 9.17) is 0 Å². The second-order valence-electron chi connectivity index (χ2n) is 4.35. The lowest BCUT2D eigenvalue weighted by Crippen LogP contribution is -2.01. The molecule has 0 spiro atoms. The zero-order valence-electron chi connectivity index (χ0n) is 10.4. The van der Waals surface area contributed by atoms with Crippen LogP contribution in [-0.4, -0.2) is 10.9 Å². The fourth-order valence-electron chi connectivity index (χ4n) is 1.79. The van der Waals surface area contributed by atoms with Crippen molar-refractivity contribution in [3.63, 3.8) is 0 Å². The van der Waals surface area contributed by atoms with E-state index >= 15 is 0 Å². The standard InChI is InChI=1S/C15H14F2OS/c1-10-5-11(7-13(17)6-10)15(18)9-19-14-4-2-3-12(16)8-14/h2-8,15,18H,9H2,1H3. The number of halogens is 2. The molecule has 0 fully saturated rings. The summed E-state index contributed by atoms with van der Waals surface area (Å²) in [4.78, 5) is 0.743. The van der Waals surface area contributed by atoms with E-state index in [1.54, 1.807) is 25.1 Å². The van der Waals surface area contributed by atoms with Gasteiger partial charge in [0.05, 0.1) is 6.10 Å². The molecule has 0 radical (unpaired) electrons. The minimum Gasteiger partial charge on any atom is -0.388 e. The Hall–Kier alpha value is -1.39. The highest BCUT2D eigenvalue weighted by molar-refractivity contribution is 7.99. The first-order valence-electron chi connectivity index (χ1n) is 5.88. The molecule has 1 nitrogen and oxygen atoms in total. The third-order valence-electron chi connectivity index (χ3n) is 2.65. The van der Waals surface area contributed by atoms with Crippen LogP contribution in [0.25, 0.3) is 0 Å². The molecule has 2 aromatic rings. The lowest BCUT2D eigenvalue weighted by atomic mass is 10.1. The Balaban J connectivity index is 2.03. The van der Waals surface area contributed by atoms with E-state index in [-0.39, 0.29) is 11.6 Å². The molecule has 0 saturated carbocycles. The molecular weight excluding hydrogens is 266 g/mol. The first-order chi connectivity index (χ1) is 9.04. The average Bonchev–Trinajstić information content (AvgIpc) is 2.35. The quantitative estimate of drug-likeness (QED) is 0.851. The smallest absolute Gasteiger partial charge is 0.124 e. The number of aliphatic hydroxyl groups is 1. The van der Waals surface area contributed by atoms with Gasteiger partial charge in [-0.3, -0.25) is 0 Å². The molecule has 0 aliphatic heterocycles. The van der Waals surface area contributed by atoms with Crippen LogP contribution < -0.4 is 0 Å². The Bertz CT molecular complexity index is 552. The van der Waals surface area contributed by atoms with Gasteiger partial charge in [0.25, 0.3) is 0 Å². The summed E-state index contributed by atoms with van der Waals surface area (Å²) in [6.07, 6.45) is -0.775. The Morgan fingerprint density at radius 2 is 1.89 bits per heavy atom. The third-order valence-corrected chi connectivity index (χ3v) is 3.72. The van der Waals surface area contributed by atoms with Crippen LogP contribution in [0, 0.1) is 18.6 Å². The molecule has 0 aromatic heterocycles. The van der Waals surface area contributed by atoms with Gasteiger partial charge in [0.1, 0.15) is 11.6 Å². The van der Waals surface area contributed by atoms with Crippen molar-refractivity contribution in [1.82, 2.24) is 0 Å². The van der Waals surface area contributed by atoms with Gasteiger partial charge in [-0.05, 0) is 48.4 Å². The van der Waals surface area contributed by atoms with Crippen LogP contribution in [0.15, 0.2) is 47.4 Å². The highest BCUT2D eigenvalue weighted by Crippen LogP contribution is 2.26. The summed E-state index contributed by atoms with van der Waals surface area (Å²) in [6, 6.07) is 10.7. The molecule has 0 amide bonds. The lowest BCUT2D eigenvalue weighted by Gasteiger charge is -2.11. The van der Waals surface area contributed by atoms with E-state index in [0.717, 1.165) is 10.5 Å². The van der Waals surface area contributed by atoms with Gasteiger partial charge < -0.3 is 5.11 Å². The molecule has 4 heteroatoms. The maximum Gasteiger partial charge on any atom is 0.124 e. The fourth-order valence-corrected chi connectivity index (χ4v) is 2.70. The second kappa shape index (κ2) is 6.17. The van der Waals surface area contributed by atoms with E-state index in [2.05, 4.69) is 0 Å². The fraction of sp³-hybridized carbons (Fsp3) is 0.200. The molecule has 1 atom stereocenters. The monoisotopic (exact) mass is 280 g/mol. The van der Waals surface area contributed by atoms with E-state index in [0.29, 0.717) is 11.3 Å². The number of hydrogen-bond donors (Lipinski definition) is 1. The van der Waals surface area contributed by atoms with Crippen molar-refractivity contribution in [1.29, 1.82) is 0 Å². The third kappa shape index (κ3) is 4.04. The summed E-state index contributed by atoms with van der Waals surface area (Å²) in [5.41, 5.74) is 1.31. The average molecular weight is 280 g/mol. The summed E-state index contributed by atoms with van der Waals surface area (Å²) >= 11 is 1.34. The van der Waals surface area contributed by atoms with Crippen LogP contribution in [0.1, 0.15) is 17.2 Å². The lowest BCUT2D eigenvalue weighted by molar-refractivity contribution is 0.203. The number of aliphatic hydroxyl groups excluding tert-OH is 1. The number of benzene rings is 2. The zero-order chi connectivity index (χ0) is 13.8. The van der Waals surface area contributed by atoms with Crippen molar-refractivity contribution in [2.75, 3.05) is 5.75 Å². The van der Waals surface area contributed by atoms with E-state index in [1.807, 2.05) is 0 Å². The summed E-state index contributed by atoms with van der Waals surface area (Å²) in [6.45, 7) is 1.78. The predicted octanol–water partition coefficient (Wildman–Crippen LogP) is 4.10. The number of thioether (sulfide) groups is 1. The molecule has 0 bridgehead atoms. The topological polar surface area (TPSA) is 20.2 Å². The minimum atomic E-state index is -0.775. The Kier molecular flexibility index (Phi) is 4.56. The van der Waals surface area contributed by atoms with Gasteiger partial charge in [-0.25, -0.2) is 8.78 Å². The molecule has 1 N–H and O–H groups in total. The van der Waals surface area contributed by atoms with Gasteiger partial charge in [0, 0.05) is 10.6 Å². The second-order valence-corrected chi connectivity index (χ2v) is 5.44. The first-order valence-corrected chi connectivity index (χ1v) is 6.86. The normalized spacial score (nSPS) is 12.4. The van der Waals surface area contributed by atoms with Gasteiger partial charge in [0.2, 0.25) is 0 Å². The molecular formula is C15H14F2OS. The molecule has 1 unspecified atom stereocenters. The van der Waals surface area contributed by atoms with Gasteiger partial charge in [0.15, 0.2) is 0 Å². The van der Waals surface area contributed by atoms with Crippen LogP contribution in [0.4, 0.5) is 8.78 Å². The highest BCUT2D eigenvalue weighted by atomic mass is 32.2. The van der Waals surface area contributed by atoms with Gasteiger partial charge >= 0.3 is 0 Å². The Morgan fingerprint density at radius 1 is 1.11 bits per heavy atom. The van der Waals surface area contributed by atoms with Crippen molar-refractivity contribution in [3.8, 4) is 0 Å². The molecule has 19 heavy (non-hydrogen) atoms. The predicted molar refractivity (Wildman–Crippen MR) is 73.2 cm³/mol. The Morgan fingerprint density at radius 3 is 2.58 bits per heavy atom. The summed E-state index contributed by atoms with van der Waals surface area (Å²) < 4.78 is 26.2. The molecule has 2 rings (SSSR count). The first kappa shape index (κ1) is 14.0. The van der Waals surface area contributed by atoms with Crippen LogP contribution in [0.3, 0.4) is 0 Å². The number of hydrogen-bond acceptors (Lipinski definition) is 2. The summed E-state index contributed by atoms with van der Waals surface area (Å²) in [5.74, 6) is -0.308. The molecule has 2 aromatic carbocycles. The van der Waals surface area contributed by atoms with Crippen LogP contribution in [-0.2, 0) is 0 Å². The van der Waals surface area contributed by atoms with Crippen molar-refractivity contribution >= 4 is 11.8 Å². The molecule has 0 aliphatic rings.